The van der Waals surface area contributed by atoms with Crippen molar-refractivity contribution in [2.75, 3.05) is 23.7 Å². The normalized spacial score (nSPS) is 19.7. The number of aliphatic hydroxyl groups excluding tert-OH is 1. The summed E-state index contributed by atoms with van der Waals surface area (Å²) in [7, 11) is 0. The molecule has 4 aromatic rings. The Hall–Kier alpha value is -3.90. The molecule has 1 aliphatic carbocycles. The van der Waals surface area contributed by atoms with Gasteiger partial charge in [0.05, 0.1) is 23.9 Å². The van der Waals surface area contributed by atoms with Crippen LogP contribution in [0.3, 0.4) is 0 Å². The molecule has 1 saturated carbocycles. The van der Waals surface area contributed by atoms with Gasteiger partial charge in [0, 0.05) is 36.0 Å². The third-order valence-corrected chi connectivity index (χ3v) is 6.57. The van der Waals surface area contributed by atoms with Crippen molar-refractivity contribution in [1.82, 2.24) is 30.2 Å². The van der Waals surface area contributed by atoms with Crippen molar-refractivity contribution in [2.45, 2.75) is 37.3 Å². The van der Waals surface area contributed by atoms with Crippen molar-refractivity contribution in [2.24, 2.45) is 0 Å². The highest BCUT2D eigenvalue weighted by molar-refractivity contribution is 5.93. The summed E-state index contributed by atoms with van der Waals surface area (Å²) in [4.78, 5) is 21.4. The van der Waals surface area contributed by atoms with E-state index in [9.17, 15) is 18.3 Å². The van der Waals surface area contributed by atoms with Crippen LogP contribution in [0.25, 0.3) is 22.3 Å². The van der Waals surface area contributed by atoms with Crippen molar-refractivity contribution >= 4 is 28.4 Å². The number of β-amino-alcohol motifs (C(OH)–C–C–N with tert-alkyl or cyclic N) is 1. The summed E-state index contributed by atoms with van der Waals surface area (Å²) < 4.78 is 41.3. The molecule has 9 nitrogen and oxygen atoms in total. The second kappa shape index (κ2) is 9.52. The molecular weight excluding hydrogens is 485 g/mol. The van der Waals surface area contributed by atoms with Crippen LogP contribution in [0.1, 0.15) is 30.7 Å². The van der Waals surface area contributed by atoms with E-state index >= 15 is 0 Å². The number of rotatable bonds is 6. The number of piperidine rings is 1. The van der Waals surface area contributed by atoms with E-state index < -0.39 is 29.5 Å². The zero-order valence-electron chi connectivity index (χ0n) is 19.5. The minimum atomic E-state index is -1.36. The Morgan fingerprint density at radius 1 is 1.00 bits per heavy atom. The number of halogens is 3. The second-order valence-electron chi connectivity index (χ2n) is 9.25. The van der Waals surface area contributed by atoms with E-state index in [0.29, 0.717) is 41.3 Å². The van der Waals surface area contributed by atoms with Crippen LogP contribution < -0.4 is 16.0 Å². The fourth-order valence-corrected chi connectivity index (χ4v) is 4.54. The molecule has 12 heteroatoms. The molecule has 2 atom stereocenters. The Kier molecular flexibility index (Phi) is 6.05. The van der Waals surface area contributed by atoms with Gasteiger partial charge in [-0.1, -0.05) is 0 Å². The highest BCUT2D eigenvalue weighted by Crippen LogP contribution is 2.44. The fourth-order valence-electron chi connectivity index (χ4n) is 4.54. The zero-order chi connectivity index (χ0) is 25.5. The van der Waals surface area contributed by atoms with Crippen LogP contribution in [0.15, 0.2) is 36.8 Å². The van der Waals surface area contributed by atoms with Crippen molar-refractivity contribution in [3.8, 4) is 11.4 Å². The summed E-state index contributed by atoms with van der Waals surface area (Å²) in [5, 5.41) is 20.5. The number of nitrogens with one attached hydrogen (secondary N) is 3. The minimum Gasteiger partial charge on any atom is -0.390 e. The Morgan fingerprint density at radius 3 is 2.68 bits per heavy atom. The third-order valence-electron chi connectivity index (χ3n) is 6.57. The predicted molar refractivity (Wildman–Crippen MR) is 131 cm³/mol. The Balaban J connectivity index is 1.41. The number of fused-ring (bicyclic) bond motifs is 1. The van der Waals surface area contributed by atoms with E-state index in [4.69, 9.17) is 9.97 Å². The number of aliphatic hydroxyl groups is 1. The lowest BCUT2D eigenvalue weighted by molar-refractivity contribution is 0.128. The average Bonchev–Trinajstić information content (AvgIpc) is 3.74. The molecule has 4 aromatic heterocycles. The van der Waals surface area contributed by atoms with Gasteiger partial charge < -0.3 is 21.1 Å². The van der Waals surface area contributed by atoms with Gasteiger partial charge in [0.2, 0.25) is 11.8 Å². The number of aromatic nitrogens is 5. The first kappa shape index (κ1) is 23.5. The summed E-state index contributed by atoms with van der Waals surface area (Å²) in [5.41, 5.74) is 2.25. The molecule has 0 amide bonds. The summed E-state index contributed by atoms with van der Waals surface area (Å²) in [6.45, 7) is 1.25. The first-order chi connectivity index (χ1) is 18.0. The van der Waals surface area contributed by atoms with Crippen LogP contribution in [0.4, 0.5) is 30.6 Å². The van der Waals surface area contributed by atoms with E-state index in [1.807, 2.05) is 6.20 Å². The number of hydrogen-bond donors (Lipinski definition) is 4. The maximum Gasteiger partial charge on any atom is 0.217 e. The summed E-state index contributed by atoms with van der Waals surface area (Å²) in [6.07, 6.45) is 7.25. The summed E-state index contributed by atoms with van der Waals surface area (Å²) >= 11 is 0. The molecule has 37 heavy (non-hydrogen) atoms. The van der Waals surface area contributed by atoms with Crippen molar-refractivity contribution in [1.29, 1.82) is 0 Å². The van der Waals surface area contributed by atoms with Gasteiger partial charge in [-0.15, -0.1) is 0 Å². The average molecular weight is 509 g/mol. The van der Waals surface area contributed by atoms with Crippen molar-refractivity contribution in [3.63, 3.8) is 0 Å². The number of nitrogens with zero attached hydrogens (tertiary/aromatic N) is 5. The molecular formula is C25H23F3N8O. The van der Waals surface area contributed by atoms with Gasteiger partial charge >= 0.3 is 0 Å². The van der Waals surface area contributed by atoms with Crippen LogP contribution >= 0.6 is 0 Å². The standard InChI is InChI=1S/C25H23F3N8O/c26-15-8-19(27)34-25(22(15)28)35-20-7-13(3-6-31-20)23-33-17-10-30-9-14(12-1-2-12)21(17)24(36-23)32-16-4-5-29-11-18(16)37/h3,6-10,12,16,18,29,37H,1-2,4-5,11H2,(H,31,34,35)(H,32,33,36). The van der Waals surface area contributed by atoms with Crippen LogP contribution in [0.2, 0.25) is 0 Å². The lowest BCUT2D eigenvalue weighted by Gasteiger charge is -2.30. The monoisotopic (exact) mass is 508 g/mol. The summed E-state index contributed by atoms with van der Waals surface area (Å²) in [6, 6.07) is 3.38. The van der Waals surface area contributed by atoms with E-state index in [-0.39, 0.29) is 11.9 Å². The molecule has 1 aliphatic heterocycles. The van der Waals surface area contributed by atoms with Gasteiger partial charge in [-0.2, -0.15) is 13.8 Å². The van der Waals surface area contributed by atoms with E-state index in [2.05, 4.69) is 30.9 Å². The van der Waals surface area contributed by atoms with Gasteiger partial charge in [0.1, 0.15) is 11.6 Å². The highest BCUT2D eigenvalue weighted by Gasteiger charge is 2.30. The van der Waals surface area contributed by atoms with Gasteiger partial charge in [-0.05, 0) is 49.4 Å². The van der Waals surface area contributed by atoms with Crippen LogP contribution in [-0.2, 0) is 0 Å². The van der Waals surface area contributed by atoms with Gasteiger partial charge in [0.15, 0.2) is 17.5 Å². The Labute approximate surface area is 209 Å². The van der Waals surface area contributed by atoms with Gasteiger partial charge in [-0.25, -0.2) is 19.3 Å². The molecule has 0 radical (unpaired) electrons. The van der Waals surface area contributed by atoms with Crippen LogP contribution in [0, 0.1) is 17.6 Å². The molecule has 190 valence electrons. The first-order valence-electron chi connectivity index (χ1n) is 12.0. The third kappa shape index (κ3) is 4.77. The zero-order valence-corrected chi connectivity index (χ0v) is 19.5. The second-order valence-corrected chi connectivity index (χ2v) is 9.25. The summed E-state index contributed by atoms with van der Waals surface area (Å²) in [5.74, 6) is -3.02. The van der Waals surface area contributed by atoms with Gasteiger partial charge in [-0.3, -0.25) is 4.98 Å². The maximum atomic E-state index is 14.1. The maximum absolute atomic E-state index is 14.1. The van der Waals surface area contributed by atoms with Gasteiger partial charge in [0.25, 0.3) is 0 Å². The molecule has 2 unspecified atom stereocenters. The molecule has 1 saturated heterocycles. The topological polar surface area (TPSA) is 121 Å². The smallest absolute Gasteiger partial charge is 0.217 e. The Bertz CT molecular complexity index is 1480. The van der Waals surface area contributed by atoms with E-state index in [1.165, 1.54) is 12.3 Å². The predicted octanol–water partition coefficient (Wildman–Crippen LogP) is 3.65. The van der Waals surface area contributed by atoms with Crippen molar-refractivity contribution < 1.29 is 18.3 Å². The molecule has 0 spiro atoms. The number of pyridine rings is 3. The molecule has 2 aliphatic rings. The molecule has 5 heterocycles. The highest BCUT2D eigenvalue weighted by atomic mass is 19.2. The lowest BCUT2D eigenvalue weighted by atomic mass is 10.0. The SMILES string of the molecule is OC1CNCCC1Nc1nc(-c2ccnc(Nc3nc(F)cc(F)c3F)c2)nc2cncc(C3CC3)c12. The molecule has 4 N–H and O–H groups in total. The first-order valence-corrected chi connectivity index (χ1v) is 12.0. The fraction of sp³-hybridized carbons (Fsp3) is 0.320. The number of anilines is 3. The van der Waals surface area contributed by atoms with E-state index in [0.717, 1.165) is 36.8 Å². The van der Waals surface area contributed by atoms with E-state index in [1.54, 1.807) is 12.3 Å². The molecule has 0 aromatic carbocycles. The minimum absolute atomic E-state index is 0.103. The Morgan fingerprint density at radius 2 is 1.86 bits per heavy atom. The molecule has 0 bridgehead atoms. The quantitative estimate of drug-likeness (QED) is 0.289. The van der Waals surface area contributed by atoms with Crippen molar-refractivity contribution in [3.05, 3.63) is 59.9 Å². The molecule has 2 fully saturated rings. The largest absolute Gasteiger partial charge is 0.390 e. The molecule has 6 rings (SSSR count). The van der Waals surface area contributed by atoms with Crippen LogP contribution in [-0.4, -0.2) is 55.3 Å². The van der Waals surface area contributed by atoms with Crippen LogP contribution in [0.5, 0.6) is 0 Å². The number of hydrogen-bond acceptors (Lipinski definition) is 9. The lowest BCUT2D eigenvalue weighted by Crippen LogP contribution is -2.47.